The van der Waals surface area contributed by atoms with E-state index in [-0.39, 0.29) is 11.0 Å². The fraction of sp³-hybridized carbons (Fsp3) is 0.0800. The summed E-state index contributed by atoms with van der Waals surface area (Å²) >= 11 is 6.01. The Kier molecular flexibility index (Phi) is 6.24. The van der Waals surface area contributed by atoms with Crippen LogP contribution in [0.5, 0.6) is 0 Å². The average Bonchev–Trinajstić information content (AvgIpc) is 3.38. The Morgan fingerprint density at radius 1 is 0.941 bits per heavy atom. The maximum absolute atomic E-state index is 13.9. The second kappa shape index (κ2) is 9.32. The molecule has 6 nitrogen and oxygen atoms in total. The van der Waals surface area contributed by atoms with Gasteiger partial charge in [0.05, 0.1) is 17.7 Å². The maximum Gasteiger partial charge on any atom is 0.365 e. The van der Waals surface area contributed by atoms with Crippen molar-refractivity contribution in [2.24, 2.45) is 5.10 Å². The summed E-state index contributed by atoms with van der Waals surface area (Å²) in [5, 5.41) is 6.52. The van der Waals surface area contributed by atoms with Crippen LogP contribution in [-0.2, 0) is 14.3 Å². The number of nitrogens with zero attached hydrogens (tertiary/aromatic N) is 3. The van der Waals surface area contributed by atoms with Crippen molar-refractivity contribution in [1.29, 1.82) is 0 Å². The summed E-state index contributed by atoms with van der Waals surface area (Å²) in [5.41, 5.74) is 2.35. The molecule has 0 radical (unpaired) electrons. The average molecular weight is 552 g/mol. The third-order valence-electron chi connectivity index (χ3n) is 5.17. The number of ether oxygens (including phenoxy) is 1. The zero-order valence-electron chi connectivity index (χ0n) is 17.9. The van der Waals surface area contributed by atoms with E-state index in [2.05, 4.69) is 21.0 Å². The Hall–Kier alpha value is -3.01. The van der Waals surface area contributed by atoms with Gasteiger partial charge in [-0.1, -0.05) is 76.2 Å². The van der Waals surface area contributed by atoms with E-state index in [1.54, 1.807) is 9.91 Å². The number of amides is 1. The zero-order valence-corrected chi connectivity index (χ0v) is 21.1. The van der Waals surface area contributed by atoms with Gasteiger partial charge in [0, 0.05) is 10.2 Å². The van der Waals surface area contributed by atoms with Gasteiger partial charge < -0.3 is 4.74 Å². The molecule has 2 aliphatic heterocycles. The van der Waals surface area contributed by atoms with Crippen molar-refractivity contribution >= 4 is 73.8 Å². The van der Waals surface area contributed by atoms with Gasteiger partial charge in [0.2, 0.25) is 9.37 Å². The van der Waals surface area contributed by atoms with Crippen molar-refractivity contribution < 1.29 is 14.3 Å². The first-order chi connectivity index (χ1) is 16.5. The number of thioether (sulfide) groups is 2. The molecule has 1 fully saturated rings. The fourth-order valence-corrected chi connectivity index (χ4v) is 6.80. The molecule has 9 heteroatoms. The van der Waals surface area contributed by atoms with E-state index in [1.807, 2.05) is 91.0 Å². The highest BCUT2D eigenvalue weighted by atomic mass is 79.9. The third kappa shape index (κ3) is 4.04. The molecule has 0 unspecified atom stereocenters. The van der Waals surface area contributed by atoms with E-state index in [0.717, 1.165) is 15.7 Å². The predicted octanol–water partition coefficient (Wildman–Crippen LogP) is 5.92. The van der Waals surface area contributed by atoms with Crippen LogP contribution in [-0.4, -0.2) is 28.4 Å². The summed E-state index contributed by atoms with van der Waals surface area (Å²) < 4.78 is 4.85. The van der Waals surface area contributed by atoms with Gasteiger partial charge in [0.25, 0.3) is 5.91 Å². The molecule has 170 valence electrons. The lowest BCUT2D eigenvalue weighted by Crippen LogP contribution is -2.51. The van der Waals surface area contributed by atoms with Crippen molar-refractivity contribution in [2.45, 2.75) is 4.33 Å². The van der Waals surface area contributed by atoms with Gasteiger partial charge in [-0.3, -0.25) is 9.69 Å². The Bertz CT molecular complexity index is 1300. The molecule has 0 aliphatic carbocycles. The molecule has 34 heavy (non-hydrogen) atoms. The number of anilines is 2. The number of hydrogen-bond acceptors (Lipinski definition) is 7. The van der Waals surface area contributed by atoms with Crippen LogP contribution in [0, 0.1) is 0 Å². The fourth-order valence-electron chi connectivity index (χ4n) is 3.64. The van der Waals surface area contributed by atoms with E-state index in [4.69, 9.17) is 4.74 Å². The SMILES string of the molecule is COC(=O)C1=NN(c2ccccc2)[C@@]2(S1)S/C(=C/c1ccc(Br)cc1)C(=O)N2c1ccccc1. The minimum absolute atomic E-state index is 0.172. The van der Waals surface area contributed by atoms with Crippen LogP contribution in [0.2, 0.25) is 0 Å². The molecule has 0 aromatic heterocycles. The predicted molar refractivity (Wildman–Crippen MR) is 142 cm³/mol. The lowest BCUT2D eigenvalue weighted by Gasteiger charge is -2.38. The number of methoxy groups -OCH3 is 1. The highest BCUT2D eigenvalue weighted by Gasteiger charge is 2.60. The highest BCUT2D eigenvalue weighted by Crippen LogP contribution is 2.59. The Labute approximate surface area is 213 Å². The molecule has 5 rings (SSSR count). The quantitative estimate of drug-likeness (QED) is 0.296. The van der Waals surface area contributed by atoms with Gasteiger partial charge in [-0.05, 0) is 59.8 Å². The lowest BCUT2D eigenvalue weighted by molar-refractivity contribution is -0.132. The molecule has 3 aromatic carbocycles. The minimum atomic E-state index is -1.08. The Morgan fingerprint density at radius 3 is 2.18 bits per heavy atom. The summed E-state index contributed by atoms with van der Waals surface area (Å²) in [7, 11) is 1.32. The topological polar surface area (TPSA) is 62.2 Å². The van der Waals surface area contributed by atoms with Crippen LogP contribution >= 0.6 is 39.5 Å². The monoisotopic (exact) mass is 551 g/mol. The van der Waals surface area contributed by atoms with Crippen LogP contribution in [0.3, 0.4) is 0 Å². The number of para-hydroxylation sites is 2. The van der Waals surface area contributed by atoms with Gasteiger partial charge in [-0.2, -0.15) is 5.10 Å². The van der Waals surface area contributed by atoms with Crippen LogP contribution < -0.4 is 9.91 Å². The molecule has 1 atom stereocenters. The smallest absolute Gasteiger partial charge is 0.365 e. The van der Waals surface area contributed by atoms with Gasteiger partial charge in [0.1, 0.15) is 0 Å². The van der Waals surface area contributed by atoms with Gasteiger partial charge in [-0.15, -0.1) is 0 Å². The molecule has 2 aliphatic rings. The lowest BCUT2D eigenvalue weighted by atomic mass is 10.2. The van der Waals surface area contributed by atoms with Crippen LogP contribution in [0.4, 0.5) is 11.4 Å². The van der Waals surface area contributed by atoms with Crippen LogP contribution in [0.25, 0.3) is 6.08 Å². The van der Waals surface area contributed by atoms with E-state index < -0.39 is 10.3 Å². The normalized spacial score (nSPS) is 20.8. The molecule has 0 N–H and O–H groups in total. The Balaban J connectivity index is 1.67. The van der Waals surface area contributed by atoms with Crippen molar-refractivity contribution in [3.8, 4) is 0 Å². The van der Waals surface area contributed by atoms with E-state index in [1.165, 1.54) is 30.6 Å². The number of halogens is 1. The zero-order chi connectivity index (χ0) is 23.7. The number of carbonyl (C=O) groups is 2. The molecule has 3 aromatic rings. The van der Waals surface area contributed by atoms with E-state index >= 15 is 0 Å². The van der Waals surface area contributed by atoms with Crippen molar-refractivity contribution in [3.05, 3.63) is 99.9 Å². The van der Waals surface area contributed by atoms with Crippen LogP contribution in [0.1, 0.15) is 5.56 Å². The summed E-state index contributed by atoms with van der Waals surface area (Å²) in [6.45, 7) is 0. The van der Waals surface area contributed by atoms with Gasteiger partial charge >= 0.3 is 5.97 Å². The van der Waals surface area contributed by atoms with E-state index in [9.17, 15) is 9.59 Å². The largest absolute Gasteiger partial charge is 0.464 e. The first kappa shape index (κ1) is 22.8. The van der Waals surface area contributed by atoms with Gasteiger partial charge in [-0.25, -0.2) is 9.80 Å². The van der Waals surface area contributed by atoms with Crippen molar-refractivity contribution in [3.63, 3.8) is 0 Å². The number of hydrogen-bond donors (Lipinski definition) is 0. The minimum Gasteiger partial charge on any atom is -0.464 e. The molecule has 1 saturated heterocycles. The molecule has 2 heterocycles. The van der Waals surface area contributed by atoms with Crippen molar-refractivity contribution in [2.75, 3.05) is 17.0 Å². The van der Waals surface area contributed by atoms with Gasteiger partial charge in [0.15, 0.2) is 0 Å². The first-order valence-corrected chi connectivity index (χ1v) is 12.7. The molecular formula is C25H18BrN3O3S2. The maximum atomic E-state index is 13.9. The number of hydrazone groups is 1. The molecule has 1 spiro atoms. The summed E-state index contributed by atoms with van der Waals surface area (Å²) in [5.74, 6) is -0.719. The molecule has 0 saturated carbocycles. The molecular weight excluding hydrogens is 534 g/mol. The molecule has 0 bridgehead atoms. The first-order valence-electron chi connectivity index (χ1n) is 10.3. The highest BCUT2D eigenvalue weighted by molar-refractivity contribution is 9.10. The summed E-state index contributed by atoms with van der Waals surface area (Å²) in [4.78, 5) is 28.6. The number of carbonyl (C=O) groups excluding carboxylic acids is 2. The summed E-state index contributed by atoms with van der Waals surface area (Å²) in [6.07, 6.45) is 1.87. The standard InChI is InChI=1S/C25H18BrN3O3S2/c1-32-24(31)22-27-29(20-10-6-3-7-11-20)25(34-22)28(19-8-4-2-5-9-19)23(30)21(33-25)16-17-12-14-18(26)15-13-17/h2-16H,1H3/b21-16+/t25-/m1/s1. The van der Waals surface area contributed by atoms with Crippen LogP contribution in [0.15, 0.2) is 99.4 Å². The number of benzene rings is 3. The van der Waals surface area contributed by atoms with E-state index in [0.29, 0.717) is 10.6 Å². The second-order valence-electron chi connectivity index (χ2n) is 7.33. The Morgan fingerprint density at radius 2 is 1.56 bits per heavy atom. The number of esters is 1. The second-order valence-corrected chi connectivity index (χ2v) is 10.9. The third-order valence-corrected chi connectivity index (χ3v) is 8.40. The summed E-state index contributed by atoms with van der Waals surface area (Å²) in [6, 6.07) is 26.7. The number of rotatable bonds is 4. The molecule has 1 amide bonds. The van der Waals surface area contributed by atoms with Crippen molar-refractivity contribution in [1.82, 2.24) is 0 Å².